The summed E-state index contributed by atoms with van der Waals surface area (Å²) < 4.78 is 0. The Morgan fingerprint density at radius 3 is 2.33 bits per heavy atom. The van der Waals surface area contributed by atoms with Gasteiger partial charge < -0.3 is 0 Å². The highest BCUT2D eigenvalue weighted by molar-refractivity contribution is 4.79. The third-order valence-electron chi connectivity index (χ3n) is 1.38. The van der Waals surface area contributed by atoms with E-state index in [0.717, 1.165) is 0 Å². The van der Waals surface area contributed by atoms with Crippen LogP contribution in [0.25, 0.3) is 0 Å². The van der Waals surface area contributed by atoms with Crippen molar-refractivity contribution in [3.63, 3.8) is 0 Å². The summed E-state index contributed by atoms with van der Waals surface area (Å²) in [6.07, 6.45) is 11.1. The highest BCUT2D eigenvalue weighted by Crippen LogP contribution is 1.99. The van der Waals surface area contributed by atoms with Gasteiger partial charge in [0.05, 0.1) is 0 Å². The quantitative estimate of drug-likeness (QED) is 0.390. The Balaban J connectivity index is 2.82. The molecule has 54 valence electrons. The molecule has 0 aliphatic carbocycles. The van der Waals surface area contributed by atoms with E-state index in [1.807, 2.05) is 0 Å². The van der Waals surface area contributed by atoms with Gasteiger partial charge in [-0.2, -0.15) is 0 Å². The van der Waals surface area contributed by atoms with Gasteiger partial charge in [0.25, 0.3) is 0 Å². The van der Waals surface area contributed by atoms with Gasteiger partial charge in [0.2, 0.25) is 0 Å². The SMILES string of the molecule is CC/C=C\CCCCC. The second-order valence-electron chi connectivity index (χ2n) is 2.38. The van der Waals surface area contributed by atoms with Crippen LogP contribution in [-0.2, 0) is 0 Å². The number of rotatable bonds is 5. The first kappa shape index (κ1) is 8.74. The van der Waals surface area contributed by atoms with Gasteiger partial charge >= 0.3 is 0 Å². The average molecular weight is 126 g/mol. The predicted octanol–water partition coefficient (Wildman–Crippen LogP) is 3.53. The van der Waals surface area contributed by atoms with Crippen LogP contribution in [0.15, 0.2) is 12.2 Å². The summed E-state index contributed by atoms with van der Waals surface area (Å²) in [5.41, 5.74) is 0. The zero-order chi connectivity index (χ0) is 6.95. The minimum atomic E-state index is 1.19. The molecular weight excluding hydrogens is 108 g/mol. The normalized spacial score (nSPS) is 10.9. The van der Waals surface area contributed by atoms with E-state index in [9.17, 15) is 0 Å². The summed E-state index contributed by atoms with van der Waals surface area (Å²) in [7, 11) is 0. The highest BCUT2D eigenvalue weighted by atomic mass is 13.9. The largest absolute Gasteiger partial charge is 0.0888 e. The molecular formula is C9H18. The summed E-state index contributed by atoms with van der Waals surface area (Å²) >= 11 is 0. The molecule has 0 saturated heterocycles. The van der Waals surface area contributed by atoms with Crippen molar-refractivity contribution in [1.82, 2.24) is 0 Å². The van der Waals surface area contributed by atoms with E-state index in [1.165, 1.54) is 32.1 Å². The van der Waals surface area contributed by atoms with E-state index in [-0.39, 0.29) is 0 Å². The van der Waals surface area contributed by atoms with Crippen molar-refractivity contribution >= 4 is 0 Å². The van der Waals surface area contributed by atoms with Crippen LogP contribution < -0.4 is 0 Å². The van der Waals surface area contributed by atoms with E-state index in [2.05, 4.69) is 26.0 Å². The van der Waals surface area contributed by atoms with Gasteiger partial charge in [0.1, 0.15) is 0 Å². The van der Waals surface area contributed by atoms with Gasteiger partial charge in [0.15, 0.2) is 0 Å². The van der Waals surface area contributed by atoms with E-state index >= 15 is 0 Å². The topological polar surface area (TPSA) is 0 Å². The molecule has 0 atom stereocenters. The lowest BCUT2D eigenvalue weighted by Crippen LogP contribution is -1.69. The van der Waals surface area contributed by atoms with Crippen molar-refractivity contribution in [1.29, 1.82) is 0 Å². The zero-order valence-corrected chi connectivity index (χ0v) is 6.69. The maximum absolute atomic E-state index is 2.29. The van der Waals surface area contributed by atoms with Crippen molar-refractivity contribution in [2.45, 2.75) is 46.0 Å². The lowest BCUT2D eigenvalue weighted by Gasteiger charge is -1.89. The Bertz CT molecular complexity index is 62.4. The molecule has 0 nitrogen and oxygen atoms in total. The summed E-state index contributed by atoms with van der Waals surface area (Å²) in [5, 5.41) is 0. The van der Waals surface area contributed by atoms with Crippen molar-refractivity contribution in [2.75, 3.05) is 0 Å². The monoisotopic (exact) mass is 126 g/mol. The highest BCUT2D eigenvalue weighted by Gasteiger charge is 1.79. The zero-order valence-electron chi connectivity index (χ0n) is 6.69. The first-order valence-electron chi connectivity index (χ1n) is 4.06. The maximum atomic E-state index is 2.29. The Hall–Kier alpha value is -0.260. The molecule has 0 rings (SSSR count). The van der Waals surface area contributed by atoms with Crippen LogP contribution in [-0.4, -0.2) is 0 Å². The molecule has 0 unspecified atom stereocenters. The Labute approximate surface area is 59.0 Å². The van der Waals surface area contributed by atoms with Gasteiger partial charge in [-0.05, 0) is 19.3 Å². The van der Waals surface area contributed by atoms with Gasteiger partial charge in [-0.1, -0.05) is 38.8 Å². The molecule has 0 N–H and O–H groups in total. The van der Waals surface area contributed by atoms with E-state index in [0.29, 0.717) is 0 Å². The Kier molecular flexibility index (Phi) is 7.52. The second-order valence-corrected chi connectivity index (χ2v) is 2.38. The van der Waals surface area contributed by atoms with Crippen LogP contribution in [0.1, 0.15) is 46.0 Å². The molecule has 0 aromatic rings. The molecule has 0 heteroatoms. The first-order valence-corrected chi connectivity index (χ1v) is 4.06. The standard InChI is InChI=1S/C9H18/c1-3-5-7-9-8-6-4-2/h5,7H,3-4,6,8-9H2,1-2H3/b7-5-. The fourth-order valence-corrected chi connectivity index (χ4v) is 0.797. The van der Waals surface area contributed by atoms with E-state index < -0.39 is 0 Å². The van der Waals surface area contributed by atoms with Crippen LogP contribution in [0.2, 0.25) is 0 Å². The first-order chi connectivity index (χ1) is 4.41. The van der Waals surface area contributed by atoms with Crippen molar-refractivity contribution in [3.05, 3.63) is 12.2 Å². The summed E-state index contributed by atoms with van der Waals surface area (Å²) in [4.78, 5) is 0. The summed E-state index contributed by atoms with van der Waals surface area (Å²) in [6, 6.07) is 0. The van der Waals surface area contributed by atoms with Crippen molar-refractivity contribution in [2.24, 2.45) is 0 Å². The minimum absolute atomic E-state index is 1.19. The van der Waals surface area contributed by atoms with Gasteiger partial charge in [-0.3, -0.25) is 0 Å². The minimum Gasteiger partial charge on any atom is -0.0888 e. The molecule has 0 fully saturated rings. The van der Waals surface area contributed by atoms with Gasteiger partial charge in [-0.15, -0.1) is 0 Å². The predicted molar refractivity (Wildman–Crippen MR) is 43.6 cm³/mol. The fourth-order valence-electron chi connectivity index (χ4n) is 0.797. The number of unbranched alkanes of at least 4 members (excludes halogenated alkanes) is 3. The molecule has 0 aromatic carbocycles. The Morgan fingerprint density at radius 1 is 1.00 bits per heavy atom. The molecule has 9 heavy (non-hydrogen) atoms. The van der Waals surface area contributed by atoms with E-state index in [1.54, 1.807) is 0 Å². The van der Waals surface area contributed by atoms with Crippen molar-refractivity contribution in [3.8, 4) is 0 Å². The van der Waals surface area contributed by atoms with Crippen molar-refractivity contribution < 1.29 is 0 Å². The molecule has 0 amide bonds. The van der Waals surface area contributed by atoms with Crippen LogP contribution in [0.3, 0.4) is 0 Å². The molecule has 0 heterocycles. The van der Waals surface area contributed by atoms with Gasteiger partial charge in [-0.25, -0.2) is 0 Å². The summed E-state index contributed by atoms with van der Waals surface area (Å²) in [6.45, 7) is 4.42. The third-order valence-corrected chi connectivity index (χ3v) is 1.38. The number of hydrogen-bond acceptors (Lipinski definition) is 0. The fraction of sp³-hybridized carbons (Fsp3) is 0.778. The van der Waals surface area contributed by atoms with Gasteiger partial charge in [0, 0.05) is 0 Å². The van der Waals surface area contributed by atoms with Crippen LogP contribution in [0, 0.1) is 0 Å². The van der Waals surface area contributed by atoms with Crippen LogP contribution in [0.5, 0.6) is 0 Å². The lowest BCUT2D eigenvalue weighted by molar-refractivity contribution is 0.728. The van der Waals surface area contributed by atoms with Crippen LogP contribution >= 0.6 is 0 Å². The molecule has 0 aromatic heterocycles. The smallest absolute Gasteiger partial charge is 0.0351 e. The molecule has 0 bridgehead atoms. The molecule has 0 aliphatic heterocycles. The molecule has 0 radical (unpaired) electrons. The van der Waals surface area contributed by atoms with Crippen LogP contribution in [0.4, 0.5) is 0 Å². The molecule has 0 aliphatic rings. The summed E-state index contributed by atoms with van der Waals surface area (Å²) in [5.74, 6) is 0. The van der Waals surface area contributed by atoms with E-state index in [4.69, 9.17) is 0 Å². The maximum Gasteiger partial charge on any atom is -0.0351 e. The molecule has 0 saturated carbocycles. The third kappa shape index (κ3) is 7.74. The Morgan fingerprint density at radius 2 is 1.78 bits per heavy atom. The molecule has 0 spiro atoms. The lowest BCUT2D eigenvalue weighted by atomic mass is 10.2. The average Bonchev–Trinajstić information content (AvgIpc) is 1.89. The number of hydrogen-bond donors (Lipinski definition) is 0. The number of allylic oxidation sites excluding steroid dienone is 2. The second kappa shape index (κ2) is 7.74.